The number of amides is 1. The molecule has 116 valence electrons. The number of ether oxygens (including phenoxy) is 2. The van der Waals surface area contributed by atoms with Gasteiger partial charge in [0.2, 0.25) is 0 Å². The van der Waals surface area contributed by atoms with E-state index in [1.165, 1.54) is 20.0 Å². The third-order valence-corrected chi connectivity index (χ3v) is 3.14. The second-order valence-electron chi connectivity index (χ2n) is 6.11. The summed E-state index contributed by atoms with van der Waals surface area (Å²) < 4.78 is 9.86. The van der Waals surface area contributed by atoms with Gasteiger partial charge in [-0.3, -0.25) is 0 Å². The van der Waals surface area contributed by atoms with E-state index < -0.39 is 23.7 Å². The van der Waals surface area contributed by atoms with Crippen molar-refractivity contribution in [3.8, 4) is 0 Å². The molecule has 0 aromatic heterocycles. The molecule has 0 saturated heterocycles. The minimum absolute atomic E-state index is 0.358. The molecule has 2 N–H and O–H groups in total. The van der Waals surface area contributed by atoms with Gasteiger partial charge in [0.1, 0.15) is 11.6 Å². The van der Waals surface area contributed by atoms with Gasteiger partial charge < -0.3 is 20.1 Å². The molecule has 0 radical (unpaired) electrons. The summed E-state index contributed by atoms with van der Waals surface area (Å²) in [6.45, 7) is 5.68. The Balaban J connectivity index is 2.46. The predicted molar refractivity (Wildman–Crippen MR) is 75.4 cm³/mol. The molecule has 1 aliphatic rings. The van der Waals surface area contributed by atoms with Crippen LogP contribution in [0, 0.1) is 0 Å². The first-order chi connectivity index (χ1) is 9.31. The molecule has 0 bridgehead atoms. The predicted octanol–water partition coefficient (Wildman–Crippen LogP) is 1.58. The standard InChI is InChI=1S/C14H26N2O4/c1-14(2,3)20-13(18)16-11(12(17)19-4)9-15-10-7-5-6-8-10/h10-11,15H,5-9H2,1-4H3,(H,16,18). The SMILES string of the molecule is COC(=O)C(CNC1CCCC1)NC(=O)OC(C)(C)C. The fourth-order valence-corrected chi connectivity index (χ4v) is 2.20. The van der Waals surface area contributed by atoms with Gasteiger partial charge in [-0.2, -0.15) is 0 Å². The van der Waals surface area contributed by atoms with Gasteiger partial charge in [0.05, 0.1) is 7.11 Å². The van der Waals surface area contributed by atoms with Crippen molar-refractivity contribution in [3.63, 3.8) is 0 Å². The van der Waals surface area contributed by atoms with E-state index >= 15 is 0 Å². The second kappa shape index (κ2) is 7.47. The largest absolute Gasteiger partial charge is 0.467 e. The quantitative estimate of drug-likeness (QED) is 0.750. The summed E-state index contributed by atoms with van der Waals surface area (Å²) >= 11 is 0. The van der Waals surface area contributed by atoms with Crippen molar-refractivity contribution in [1.29, 1.82) is 0 Å². The first kappa shape index (κ1) is 16.8. The normalized spacial score (nSPS) is 17.6. The summed E-state index contributed by atoms with van der Waals surface area (Å²) in [5.74, 6) is -0.471. The van der Waals surface area contributed by atoms with Gasteiger partial charge in [-0.05, 0) is 33.6 Å². The molecule has 6 nitrogen and oxygen atoms in total. The molecule has 0 aliphatic heterocycles. The Labute approximate surface area is 120 Å². The minimum Gasteiger partial charge on any atom is -0.467 e. The zero-order chi connectivity index (χ0) is 15.2. The zero-order valence-electron chi connectivity index (χ0n) is 12.8. The summed E-state index contributed by atoms with van der Waals surface area (Å²) in [4.78, 5) is 23.4. The maximum Gasteiger partial charge on any atom is 0.408 e. The number of carbonyl (C=O) groups excluding carboxylic acids is 2. The average Bonchev–Trinajstić information content (AvgIpc) is 2.84. The van der Waals surface area contributed by atoms with Crippen LogP contribution < -0.4 is 10.6 Å². The summed E-state index contributed by atoms with van der Waals surface area (Å²) in [5.41, 5.74) is -0.594. The van der Waals surface area contributed by atoms with Crippen molar-refractivity contribution in [2.45, 2.75) is 64.1 Å². The van der Waals surface area contributed by atoms with Crippen LogP contribution in [0.5, 0.6) is 0 Å². The van der Waals surface area contributed by atoms with E-state index in [1.54, 1.807) is 20.8 Å². The molecular formula is C14H26N2O4. The monoisotopic (exact) mass is 286 g/mol. The van der Waals surface area contributed by atoms with E-state index in [0.717, 1.165) is 12.8 Å². The zero-order valence-corrected chi connectivity index (χ0v) is 12.8. The number of esters is 1. The number of methoxy groups -OCH3 is 1. The smallest absolute Gasteiger partial charge is 0.408 e. The van der Waals surface area contributed by atoms with Crippen molar-refractivity contribution in [2.24, 2.45) is 0 Å². The van der Waals surface area contributed by atoms with Crippen LogP contribution in [0.25, 0.3) is 0 Å². The molecule has 1 fully saturated rings. The molecule has 1 aliphatic carbocycles. The fourth-order valence-electron chi connectivity index (χ4n) is 2.20. The number of rotatable bonds is 5. The fraction of sp³-hybridized carbons (Fsp3) is 0.857. The average molecular weight is 286 g/mol. The van der Waals surface area contributed by atoms with Crippen LogP contribution in [0.4, 0.5) is 4.79 Å². The number of nitrogens with one attached hydrogen (secondary N) is 2. The third-order valence-electron chi connectivity index (χ3n) is 3.14. The summed E-state index contributed by atoms with van der Waals surface area (Å²) in [5, 5.41) is 5.84. The maximum absolute atomic E-state index is 11.7. The molecule has 0 aromatic rings. The van der Waals surface area contributed by atoms with E-state index in [9.17, 15) is 9.59 Å². The van der Waals surface area contributed by atoms with Crippen molar-refractivity contribution in [3.05, 3.63) is 0 Å². The number of hydrogen-bond donors (Lipinski definition) is 2. The number of alkyl carbamates (subject to hydrolysis) is 1. The Morgan fingerprint density at radius 3 is 2.35 bits per heavy atom. The van der Waals surface area contributed by atoms with Crippen LogP contribution in [0.15, 0.2) is 0 Å². The van der Waals surface area contributed by atoms with Crippen LogP contribution in [0.1, 0.15) is 46.5 Å². The molecule has 1 rings (SSSR count). The van der Waals surface area contributed by atoms with Gasteiger partial charge in [0, 0.05) is 12.6 Å². The molecule has 0 spiro atoms. The van der Waals surface area contributed by atoms with E-state index in [4.69, 9.17) is 9.47 Å². The summed E-state index contributed by atoms with van der Waals surface area (Å²) in [6, 6.07) is -0.307. The Morgan fingerprint density at radius 2 is 1.85 bits per heavy atom. The van der Waals surface area contributed by atoms with Gasteiger partial charge >= 0.3 is 12.1 Å². The Morgan fingerprint density at radius 1 is 1.25 bits per heavy atom. The van der Waals surface area contributed by atoms with Gasteiger partial charge in [-0.1, -0.05) is 12.8 Å². The van der Waals surface area contributed by atoms with E-state index in [1.807, 2.05) is 0 Å². The molecule has 0 heterocycles. The van der Waals surface area contributed by atoms with Gasteiger partial charge in [0.25, 0.3) is 0 Å². The Bertz CT molecular complexity index is 333. The molecule has 1 amide bonds. The highest BCUT2D eigenvalue weighted by atomic mass is 16.6. The molecule has 0 aromatic carbocycles. The molecule has 20 heavy (non-hydrogen) atoms. The molecule has 1 atom stereocenters. The van der Waals surface area contributed by atoms with Crippen LogP contribution >= 0.6 is 0 Å². The topological polar surface area (TPSA) is 76.7 Å². The van der Waals surface area contributed by atoms with Crippen LogP contribution in [-0.4, -0.2) is 43.4 Å². The minimum atomic E-state index is -0.726. The van der Waals surface area contributed by atoms with Crippen LogP contribution in [-0.2, 0) is 14.3 Å². The first-order valence-electron chi connectivity index (χ1n) is 7.12. The molecule has 1 unspecified atom stereocenters. The summed E-state index contributed by atoms with van der Waals surface area (Å²) in [6.07, 6.45) is 4.03. The van der Waals surface area contributed by atoms with Gasteiger partial charge in [0.15, 0.2) is 0 Å². The highest BCUT2D eigenvalue weighted by molar-refractivity contribution is 5.81. The van der Waals surface area contributed by atoms with E-state index in [-0.39, 0.29) is 0 Å². The lowest BCUT2D eigenvalue weighted by molar-refractivity contribution is -0.143. The highest BCUT2D eigenvalue weighted by Gasteiger charge is 2.26. The highest BCUT2D eigenvalue weighted by Crippen LogP contribution is 2.17. The number of hydrogen-bond acceptors (Lipinski definition) is 5. The molecule has 6 heteroatoms. The van der Waals surface area contributed by atoms with Crippen molar-refractivity contribution >= 4 is 12.1 Å². The molecule has 1 saturated carbocycles. The molecular weight excluding hydrogens is 260 g/mol. The summed E-state index contributed by atoms with van der Waals surface area (Å²) in [7, 11) is 1.31. The van der Waals surface area contributed by atoms with Gasteiger partial charge in [-0.25, -0.2) is 9.59 Å². The lowest BCUT2D eigenvalue weighted by atomic mass is 10.2. The maximum atomic E-state index is 11.7. The lowest BCUT2D eigenvalue weighted by Gasteiger charge is -2.23. The Kier molecular flexibility index (Phi) is 6.26. The van der Waals surface area contributed by atoms with Crippen molar-refractivity contribution < 1.29 is 19.1 Å². The van der Waals surface area contributed by atoms with Crippen LogP contribution in [0.3, 0.4) is 0 Å². The third kappa shape index (κ3) is 6.23. The van der Waals surface area contributed by atoms with Gasteiger partial charge in [-0.15, -0.1) is 0 Å². The second-order valence-corrected chi connectivity index (χ2v) is 6.11. The number of carbonyl (C=O) groups is 2. The first-order valence-corrected chi connectivity index (χ1v) is 7.12. The van der Waals surface area contributed by atoms with Crippen LogP contribution in [0.2, 0.25) is 0 Å². The Hall–Kier alpha value is -1.30. The van der Waals surface area contributed by atoms with E-state index in [2.05, 4.69) is 10.6 Å². The van der Waals surface area contributed by atoms with Crippen molar-refractivity contribution in [2.75, 3.05) is 13.7 Å². The van der Waals surface area contributed by atoms with E-state index in [0.29, 0.717) is 12.6 Å². The lowest BCUT2D eigenvalue weighted by Crippen LogP contribution is -2.50. The van der Waals surface area contributed by atoms with Crippen molar-refractivity contribution in [1.82, 2.24) is 10.6 Å².